The summed E-state index contributed by atoms with van der Waals surface area (Å²) < 4.78 is 79.7. The molecular formula is C36H39N11O14P2. The van der Waals surface area contributed by atoms with Gasteiger partial charge in [0.2, 0.25) is 11.9 Å². The zero-order valence-electron chi connectivity index (χ0n) is 33.5. The highest BCUT2D eigenvalue weighted by molar-refractivity contribution is 7.48. The molecule has 63 heavy (non-hydrogen) atoms. The van der Waals surface area contributed by atoms with Crippen molar-refractivity contribution in [1.29, 1.82) is 5.26 Å². The van der Waals surface area contributed by atoms with E-state index in [2.05, 4.69) is 40.5 Å². The Balaban J connectivity index is 1.04. The summed E-state index contributed by atoms with van der Waals surface area (Å²) >= 11 is 0. The average molecular weight is 912 g/mol. The van der Waals surface area contributed by atoms with Crippen LogP contribution < -0.4 is 16.2 Å². The molecule has 25 nitrogen and oxygen atoms in total. The number of anilines is 2. The molecule has 8 heterocycles. The molecule has 4 aromatic heterocycles. The van der Waals surface area contributed by atoms with Crippen LogP contribution in [0.25, 0.3) is 22.3 Å². The van der Waals surface area contributed by atoms with Crippen LogP contribution in [-0.4, -0.2) is 112 Å². The molecule has 0 saturated carbocycles. The Hall–Kier alpha value is -5.35. The maximum absolute atomic E-state index is 14.8. The smallest absolute Gasteiger partial charge is 0.367 e. The van der Waals surface area contributed by atoms with Crippen LogP contribution in [0.2, 0.25) is 0 Å². The van der Waals surface area contributed by atoms with E-state index in [1.54, 1.807) is 51.1 Å². The molecule has 4 aliphatic rings. The number of phosphoric acid groups is 2. The van der Waals surface area contributed by atoms with E-state index in [0.717, 1.165) is 0 Å². The highest BCUT2D eigenvalue weighted by atomic mass is 31.2. The van der Waals surface area contributed by atoms with E-state index in [1.165, 1.54) is 28.1 Å². The second kappa shape index (κ2) is 16.6. The average Bonchev–Trinajstić information content (AvgIpc) is 4.08. The van der Waals surface area contributed by atoms with Crippen LogP contribution in [0.5, 0.6) is 0 Å². The molecule has 0 aliphatic carbocycles. The summed E-state index contributed by atoms with van der Waals surface area (Å²) in [6, 6.07) is 10.4. The molecule has 4 aliphatic heterocycles. The number of carbonyl (C=O) groups excluding carboxylic acids is 2. The first kappa shape index (κ1) is 42.9. The number of nitrogens with one attached hydrogen (secondary N) is 3. The molecule has 0 spiro atoms. The lowest BCUT2D eigenvalue weighted by molar-refractivity contribution is -0.184. The van der Waals surface area contributed by atoms with Crippen molar-refractivity contribution in [3.05, 3.63) is 65.2 Å². The predicted octanol–water partition coefficient (Wildman–Crippen LogP) is 2.96. The lowest BCUT2D eigenvalue weighted by Crippen LogP contribution is -2.46. The maximum Gasteiger partial charge on any atom is 0.475 e. The number of aromatic nitrogens is 8. The number of H-pyrrole nitrogens is 1. The Kier molecular flexibility index (Phi) is 11.3. The van der Waals surface area contributed by atoms with Crippen molar-refractivity contribution in [2.24, 2.45) is 11.8 Å². The van der Waals surface area contributed by atoms with Gasteiger partial charge >= 0.3 is 15.6 Å². The second-order valence-electron chi connectivity index (χ2n) is 15.3. The van der Waals surface area contributed by atoms with E-state index in [9.17, 15) is 33.7 Å². The first-order valence-corrected chi connectivity index (χ1v) is 22.5. The van der Waals surface area contributed by atoms with Gasteiger partial charge in [0.15, 0.2) is 40.6 Å². The SMILES string of the molecule is CC(C)C(=O)Nc1nc2c(ncn2C2OC3COP(=O)(O)OC4C5OCC4(COP(=O)(OCCC#N)OC2C3C)OC5n2cnc3c(NC(=O)c4ccccc4)ncnc32)c(=O)[nH]1. The number of rotatable bonds is 9. The van der Waals surface area contributed by atoms with Crippen LogP contribution in [0.1, 0.15) is 50.0 Å². The van der Waals surface area contributed by atoms with Crippen molar-refractivity contribution < 1.29 is 60.4 Å². The predicted molar refractivity (Wildman–Crippen MR) is 212 cm³/mol. The molecule has 1 aromatic carbocycles. The van der Waals surface area contributed by atoms with E-state index >= 15 is 0 Å². The number of carbonyl (C=O) groups is 2. The number of benzene rings is 1. The van der Waals surface area contributed by atoms with E-state index in [-0.39, 0.29) is 47.1 Å². The number of hydrogen-bond acceptors (Lipinski definition) is 19. The first-order valence-electron chi connectivity index (χ1n) is 19.5. The van der Waals surface area contributed by atoms with Crippen LogP contribution >= 0.6 is 15.6 Å². The molecule has 4 N–H and O–H groups in total. The van der Waals surface area contributed by atoms with Gasteiger partial charge in [-0.05, 0) is 12.1 Å². The molecule has 9 rings (SSSR count). The van der Waals surface area contributed by atoms with Crippen LogP contribution in [0, 0.1) is 23.2 Å². The number of fused-ring (bicyclic) bond motifs is 4. The minimum absolute atomic E-state index is 0.0622. The fourth-order valence-corrected chi connectivity index (χ4v) is 10.1. The van der Waals surface area contributed by atoms with E-state index < -0.39 is 107 Å². The summed E-state index contributed by atoms with van der Waals surface area (Å²) in [6.45, 7) is 2.97. The zero-order chi connectivity index (χ0) is 44.3. The highest BCUT2D eigenvalue weighted by Crippen LogP contribution is 2.60. The quantitative estimate of drug-likeness (QED) is 0.122. The van der Waals surface area contributed by atoms with E-state index in [0.29, 0.717) is 5.56 Å². The third kappa shape index (κ3) is 8.09. The molecule has 10 unspecified atom stereocenters. The number of ether oxygens (including phenoxy) is 3. The van der Waals surface area contributed by atoms with Crippen molar-refractivity contribution >= 4 is 61.6 Å². The number of nitriles is 1. The Morgan fingerprint density at radius 3 is 2.54 bits per heavy atom. The van der Waals surface area contributed by atoms with Gasteiger partial charge in [-0.3, -0.25) is 56.4 Å². The van der Waals surface area contributed by atoms with Gasteiger partial charge in [0.05, 0.1) is 57.7 Å². The lowest BCUT2D eigenvalue weighted by Gasteiger charge is -2.33. The Bertz CT molecular complexity index is 2780. The van der Waals surface area contributed by atoms with Crippen LogP contribution in [-0.2, 0) is 50.8 Å². The van der Waals surface area contributed by atoms with Crippen LogP contribution in [0.15, 0.2) is 54.1 Å². The van der Waals surface area contributed by atoms with Gasteiger partial charge in [0.25, 0.3) is 11.5 Å². The van der Waals surface area contributed by atoms with E-state index in [4.69, 9.17) is 36.8 Å². The fraction of sp³-hybridized carbons (Fsp3) is 0.472. The molecule has 2 amide bonds. The zero-order valence-corrected chi connectivity index (χ0v) is 35.3. The van der Waals surface area contributed by atoms with Crippen molar-refractivity contribution in [1.82, 2.24) is 39.0 Å². The molecule has 4 bridgehead atoms. The van der Waals surface area contributed by atoms with Gasteiger partial charge in [0.1, 0.15) is 30.2 Å². The van der Waals surface area contributed by atoms with Crippen molar-refractivity contribution in [2.45, 2.75) is 69.7 Å². The number of phosphoric ester groups is 2. The van der Waals surface area contributed by atoms with Crippen molar-refractivity contribution in [3.8, 4) is 6.07 Å². The normalized spacial score (nSPS) is 31.8. The Labute approximate surface area is 355 Å². The minimum atomic E-state index is -5.02. The van der Waals surface area contributed by atoms with Gasteiger partial charge < -0.3 is 24.4 Å². The topological polar surface area (TPSA) is 317 Å². The van der Waals surface area contributed by atoms with Crippen molar-refractivity contribution in [2.75, 3.05) is 37.1 Å². The largest absolute Gasteiger partial charge is 0.475 e. The number of nitrogens with zero attached hydrogens (tertiary/aromatic N) is 8. The van der Waals surface area contributed by atoms with Gasteiger partial charge in [-0.15, -0.1) is 0 Å². The molecule has 27 heteroatoms. The number of imidazole rings is 2. The molecule has 4 saturated heterocycles. The summed E-state index contributed by atoms with van der Waals surface area (Å²) in [5, 5.41) is 14.6. The number of hydrogen-bond donors (Lipinski definition) is 4. The van der Waals surface area contributed by atoms with Gasteiger partial charge in [-0.25, -0.2) is 29.1 Å². The monoisotopic (exact) mass is 911 g/mol. The van der Waals surface area contributed by atoms with Crippen molar-refractivity contribution in [3.63, 3.8) is 0 Å². The van der Waals surface area contributed by atoms with Gasteiger partial charge in [-0.1, -0.05) is 39.0 Å². The highest BCUT2D eigenvalue weighted by Gasteiger charge is 2.66. The third-order valence-corrected chi connectivity index (χ3v) is 13.3. The molecule has 4 fully saturated rings. The maximum atomic E-state index is 14.8. The fourth-order valence-electron chi connectivity index (χ4n) is 7.60. The first-order chi connectivity index (χ1) is 30.2. The summed E-state index contributed by atoms with van der Waals surface area (Å²) in [6.07, 6.45) is -3.83. The molecule has 0 radical (unpaired) electrons. The van der Waals surface area contributed by atoms with Gasteiger partial charge in [-0.2, -0.15) is 10.2 Å². The van der Waals surface area contributed by atoms with Crippen LogP contribution in [0.4, 0.5) is 11.8 Å². The van der Waals surface area contributed by atoms with Crippen LogP contribution in [0.3, 0.4) is 0 Å². The Morgan fingerprint density at radius 2 is 1.78 bits per heavy atom. The summed E-state index contributed by atoms with van der Waals surface area (Å²) in [4.78, 5) is 73.9. The standard InChI is InChI=1S/C36H39N11O14P2/c1-18(2)30(48)44-35-43-29-23(32(50)45-35)41-17-47(29)33-24-19(3)21(58-33)12-56-62(51,52)61-26-25-34(59-36(26,13-54-25)14-57-63(53,60-24)55-11-7-10-37)46-16-40-22-27(38-15-39-28(22)46)42-31(49)20-8-5-4-6-9-20/h4-6,8-9,15-19,21,24-26,33-34H,7,11-14H2,1-3H3,(H,51,52)(H,38,39,42,49)(H2,43,44,45,48,50). The molecule has 10 atom stereocenters. The Morgan fingerprint density at radius 1 is 1.02 bits per heavy atom. The molecule has 5 aromatic rings. The van der Waals surface area contributed by atoms with Gasteiger partial charge in [0, 0.05) is 17.4 Å². The second-order valence-corrected chi connectivity index (χ2v) is 18.4. The molecular weight excluding hydrogens is 872 g/mol. The third-order valence-electron chi connectivity index (χ3n) is 10.9. The number of amides is 2. The summed E-state index contributed by atoms with van der Waals surface area (Å²) in [5.41, 5.74) is -1.93. The summed E-state index contributed by atoms with van der Waals surface area (Å²) in [7, 11) is -9.80. The van der Waals surface area contributed by atoms with E-state index in [1.807, 2.05) is 6.07 Å². The minimum Gasteiger partial charge on any atom is -0.367 e. The lowest BCUT2D eigenvalue weighted by atomic mass is 10.0. The molecule has 332 valence electrons. The summed E-state index contributed by atoms with van der Waals surface area (Å²) in [5.74, 6) is -2.22. The number of aromatic amines is 1.